The molecular formula is C14H14ClNO. The number of ketones is 1. The Bertz CT molecular complexity index is 583. The van der Waals surface area contributed by atoms with E-state index in [0.717, 1.165) is 16.5 Å². The molecular weight excluding hydrogens is 234 g/mol. The Morgan fingerprint density at radius 1 is 1.47 bits per heavy atom. The monoisotopic (exact) mass is 247 g/mol. The third-order valence-electron chi connectivity index (χ3n) is 3.66. The second kappa shape index (κ2) is 3.88. The molecule has 3 rings (SSSR count). The Balaban J connectivity index is 2.07. The van der Waals surface area contributed by atoms with Gasteiger partial charge in [-0.15, -0.1) is 0 Å². The molecule has 0 saturated heterocycles. The highest BCUT2D eigenvalue weighted by molar-refractivity contribution is 6.37. The zero-order chi connectivity index (χ0) is 12.0. The van der Waals surface area contributed by atoms with Gasteiger partial charge in [0.2, 0.25) is 0 Å². The molecule has 1 N–H and O–H groups in total. The SMILES string of the molecule is CC(C(=O)c1c[nH]c2cccc(Cl)c12)C1CC1. The van der Waals surface area contributed by atoms with Crippen LogP contribution in [-0.2, 0) is 0 Å². The summed E-state index contributed by atoms with van der Waals surface area (Å²) in [4.78, 5) is 15.5. The number of hydrogen-bond donors (Lipinski definition) is 1. The lowest BCUT2D eigenvalue weighted by molar-refractivity contribution is 0.0918. The summed E-state index contributed by atoms with van der Waals surface area (Å²) in [6.07, 6.45) is 4.16. The van der Waals surface area contributed by atoms with Crippen molar-refractivity contribution in [3.8, 4) is 0 Å². The fourth-order valence-electron chi connectivity index (χ4n) is 2.39. The molecule has 0 amide bonds. The molecule has 17 heavy (non-hydrogen) atoms. The Morgan fingerprint density at radius 2 is 2.24 bits per heavy atom. The summed E-state index contributed by atoms with van der Waals surface area (Å²) in [6, 6.07) is 5.66. The van der Waals surface area contributed by atoms with Crippen LogP contribution in [0.4, 0.5) is 0 Å². The zero-order valence-electron chi connectivity index (χ0n) is 9.66. The number of carbonyl (C=O) groups excluding carboxylic acids is 1. The molecule has 1 aliphatic rings. The van der Waals surface area contributed by atoms with E-state index in [9.17, 15) is 4.79 Å². The molecule has 0 bridgehead atoms. The van der Waals surface area contributed by atoms with Gasteiger partial charge in [0.05, 0.1) is 5.02 Å². The van der Waals surface area contributed by atoms with E-state index in [1.165, 1.54) is 12.8 Å². The van der Waals surface area contributed by atoms with Gasteiger partial charge in [0, 0.05) is 28.6 Å². The highest BCUT2D eigenvalue weighted by Crippen LogP contribution is 2.39. The fraction of sp³-hybridized carbons (Fsp3) is 0.357. The molecule has 2 nitrogen and oxygen atoms in total. The molecule has 3 heteroatoms. The first kappa shape index (κ1) is 10.8. The number of aromatic amines is 1. The predicted molar refractivity (Wildman–Crippen MR) is 69.5 cm³/mol. The van der Waals surface area contributed by atoms with E-state index in [2.05, 4.69) is 4.98 Å². The van der Waals surface area contributed by atoms with Crippen LogP contribution in [0.25, 0.3) is 10.9 Å². The van der Waals surface area contributed by atoms with Crippen LogP contribution >= 0.6 is 11.6 Å². The van der Waals surface area contributed by atoms with E-state index < -0.39 is 0 Å². The van der Waals surface area contributed by atoms with Crippen LogP contribution in [0.5, 0.6) is 0 Å². The molecule has 0 radical (unpaired) electrons. The van der Waals surface area contributed by atoms with Crippen LogP contribution < -0.4 is 0 Å². The zero-order valence-corrected chi connectivity index (χ0v) is 10.4. The Kier molecular flexibility index (Phi) is 2.48. The Hall–Kier alpha value is -1.28. The van der Waals surface area contributed by atoms with Gasteiger partial charge in [-0.2, -0.15) is 0 Å². The number of rotatable bonds is 3. The minimum atomic E-state index is 0.116. The smallest absolute Gasteiger partial charge is 0.168 e. The van der Waals surface area contributed by atoms with Gasteiger partial charge in [-0.1, -0.05) is 24.6 Å². The number of H-pyrrole nitrogens is 1. The van der Waals surface area contributed by atoms with Crippen molar-refractivity contribution >= 4 is 28.3 Å². The number of carbonyl (C=O) groups is 1. The summed E-state index contributed by atoms with van der Waals surface area (Å²) < 4.78 is 0. The van der Waals surface area contributed by atoms with Gasteiger partial charge in [-0.25, -0.2) is 0 Å². The van der Waals surface area contributed by atoms with Crippen LogP contribution in [0.1, 0.15) is 30.1 Å². The molecule has 88 valence electrons. The second-order valence-corrected chi connectivity index (χ2v) is 5.26. The van der Waals surface area contributed by atoms with Crippen LogP contribution in [-0.4, -0.2) is 10.8 Å². The highest BCUT2D eigenvalue weighted by Gasteiger charge is 2.34. The average molecular weight is 248 g/mol. The molecule has 1 saturated carbocycles. The maximum Gasteiger partial charge on any atom is 0.168 e. The van der Waals surface area contributed by atoms with Gasteiger partial charge in [0.1, 0.15) is 0 Å². The quantitative estimate of drug-likeness (QED) is 0.816. The van der Waals surface area contributed by atoms with Crippen LogP contribution in [0, 0.1) is 11.8 Å². The molecule has 1 aliphatic carbocycles. The number of hydrogen-bond acceptors (Lipinski definition) is 1. The molecule has 1 fully saturated rings. The van der Waals surface area contributed by atoms with E-state index in [-0.39, 0.29) is 11.7 Å². The van der Waals surface area contributed by atoms with E-state index in [0.29, 0.717) is 10.9 Å². The molecule has 1 unspecified atom stereocenters. The molecule has 0 aliphatic heterocycles. The lowest BCUT2D eigenvalue weighted by atomic mass is 9.95. The van der Waals surface area contributed by atoms with Crippen molar-refractivity contribution in [2.45, 2.75) is 19.8 Å². The normalized spacial score (nSPS) is 17.3. The first-order valence-corrected chi connectivity index (χ1v) is 6.36. The molecule has 1 aromatic carbocycles. The van der Waals surface area contributed by atoms with Gasteiger partial charge in [-0.05, 0) is 30.9 Å². The van der Waals surface area contributed by atoms with Crippen molar-refractivity contribution in [3.05, 3.63) is 35.0 Å². The molecule has 1 heterocycles. The number of benzene rings is 1. The topological polar surface area (TPSA) is 32.9 Å². The predicted octanol–water partition coefficient (Wildman–Crippen LogP) is 4.05. The minimum absolute atomic E-state index is 0.116. The summed E-state index contributed by atoms with van der Waals surface area (Å²) in [5.41, 5.74) is 1.67. The van der Waals surface area contributed by atoms with Crippen molar-refractivity contribution in [1.82, 2.24) is 4.98 Å². The molecule has 0 spiro atoms. The average Bonchev–Trinajstić information content (AvgIpc) is 3.07. The van der Waals surface area contributed by atoms with Gasteiger partial charge >= 0.3 is 0 Å². The van der Waals surface area contributed by atoms with E-state index >= 15 is 0 Å². The first-order valence-electron chi connectivity index (χ1n) is 5.98. The standard InChI is InChI=1S/C14H14ClNO/c1-8(9-5-6-9)14(17)10-7-16-12-4-2-3-11(15)13(10)12/h2-4,7-9,16H,5-6H2,1H3. The van der Waals surface area contributed by atoms with Gasteiger partial charge in [0.25, 0.3) is 0 Å². The maximum atomic E-state index is 12.4. The van der Waals surface area contributed by atoms with Crippen molar-refractivity contribution in [2.75, 3.05) is 0 Å². The van der Waals surface area contributed by atoms with Crippen molar-refractivity contribution in [3.63, 3.8) is 0 Å². The number of fused-ring (bicyclic) bond motifs is 1. The third-order valence-corrected chi connectivity index (χ3v) is 3.98. The summed E-state index contributed by atoms with van der Waals surface area (Å²) in [5, 5.41) is 1.52. The van der Waals surface area contributed by atoms with Crippen molar-refractivity contribution < 1.29 is 4.79 Å². The molecule has 1 aromatic heterocycles. The van der Waals surface area contributed by atoms with E-state index in [1.54, 1.807) is 6.20 Å². The minimum Gasteiger partial charge on any atom is -0.360 e. The van der Waals surface area contributed by atoms with Gasteiger partial charge in [0.15, 0.2) is 5.78 Å². The summed E-state index contributed by atoms with van der Waals surface area (Å²) >= 11 is 6.18. The number of Topliss-reactive ketones (excluding diaryl/α,β-unsaturated/α-hetero) is 1. The summed E-state index contributed by atoms with van der Waals surface area (Å²) in [7, 11) is 0. The van der Waals surface area contributed by atoms with Crippen LogP contribution in [0.3, 0.4) is 0 Å². The second-order valence-electron chi connectivity index (χ2n) is 4.86. The summed E-state index contributed by atoms with van der Waals surface area (Å²) in [5.74, 6) is 0.909. The summed E-state index contributed by atoms with van der Waals surface area (Å²) in [6.45, 7) is 2.02. The lowest BCUT2D eigenvalue weighted by Crippen LogP contribution is -2.12. The largest absolute Gasteiger partial charge is 0.360 e. The lowest BCUT2D eigenvalue weighted by Gasteiger charge is -2.08. The van der Waals surface area contributed by atoms with Crippen LogP contribution in [0.2, 0.25) is 5.02 Å². The van der Waals surface area contributed by atoms with E-state index in [4.69, 9.17) is 11.6 Å². The van der Waals surface area contributed by atoms with Crippen molar-refractivity contribution in [2.24, 2.45) is 11.8 Å². The molecule has 2 aromatic rings. The van der Waals surface area contributed by atoms with Gasteiger partial charge in [-0.3, -0.25) is 4.79 Å². The van der Waals surface area contributed by atoms with E-state index in [1.807, 2.05) is 25.1 Å². The number of aromatic nitrogens is 1. The van der Waals surface area contributed by atoms with Gasteiger partial charge < -0.3 is 4.98 Å². The Morgan fingerprint density at radius 3 is 2.94 bits per heavy atom. The number of nitrogens with one attached hydrogen (secondary N) is 1. The maximum absolute atomic E-state index is 12.4. The third kappa shape index (κ3) is 1.77. The Labute approximate surface area is 105 Å². The first-order chi connectivity index (χ1) is 8.18. The number of halogens is 1. The van der Waals surface area contributed by atoms with Crippen LogP contribution in [0.15, 0.2) is 24.4 Å². The fourth-order valence-corrected chi connectivity index (χ4v) is 2.67. The molecule has 1 atom stereocenters. The highest BCUT2D eigenvalue weighted by atomic mass is 35.5. The van der Waals surface area contributed by atoms with Crippen molar-refractivity contribution in [1.29, 1.82) is 0 Å².